The molecule has 0 aliphatic rings. The molecule has 3 rings (SSSR count). The number of nitrogens with one attached hydrogen (secondary N) is 2. The number of nitrogens with zero attached hydrogens (tertiary/aromatic N) is 2. The standard InChI is InChI=1S/C25H20Cl3FN4O6/c1-25(2,3)39-24(37)32-22(31-23(35)36)30-19-14(21(34)13-8-7-12(29)11-17(13)28)9-10-33(38)20(19)18-15(26)5-4-6-16(18)27/h4-11H,1-3H3,(H,35,36)(H2,30,31,32,37). The van der Waals surface area contributed by atoms with Crippen molar-refractivity contribution in [2.24, 2.45) is 4.99 Å². The molecule has 2 amide bonds. The molecule has 14 heteroatoms. The van der Waals surface area contributed by atoms with Gasteiger partial charge in [0.2, 0.25) is 5.96 Å². The van der Waals surface area contributed by atoms with Crippen LogP contribution in [-0.2, 0) is 4.74 Å². The molecule has 0 aliphatic heterocycles. The van der Waals surface area contributed by atoms with Crippen molar-refractivity contribution >= 4 is 64.4 Å². The van der Waals surface area contributed by atoms with E-state index >= 15 is 0 Å². The lowest BCUT2D eigenvalue weighted by Crippen LogP contribution is -2.45. The van der Waals surface area contributed by atoms with Gasteiger partial charge in [-0.15, -0.1) is 0 Å². The van der Waals surface area contributed by atoms with Crippen LogP contribution in [0.5, 0.6) is 0 Å². The monoisotopic (exact) mass is 596 g/mol. The van der Waals surface area contributed by atoms with Crippen molar-refractivity contribution < 1.29 is 33.3 Å². The zero-order valence-electron chi connectivity index (χ0n) is 20.5. The third-order valence-electron chi connectivity index (χ3n) is 4.76. The number of benzene rings is 2. The van der Waals surface area contributed by atoms with Crippen LogP contribution in [0.2, 0.25) is 15.1 Å². The highest BCUT2D eigenvalue weighted by molar-refractivity contribution is 6.39. The summed E-state index contributed by atoms with van der Waals surface area (Å²) in [7, 11) is 0. The number of carbonyl (C=O) groups is 3. The van der Waals surface area contributed by atoms with E-state index in [0.29, 0.717) is 4.73 Å². The summed E-state index contributed by atoms with van der Waals surface area (Å²) in [4.78, 5) is 41.6. The van der Waals surface area contributed by atoms with E-state index in [4.69, 9.17) is 39.5 Å². The lowest BCUT2D eigenvalue weighted by atomic mass is 9.99. The maximum absolute atomic E-state index is 13.6. The van der Waals surface area contributed by atoms with Crippen molar-refractivity contribution in [3.63, 3.8) is 0 Å². The van der Waals surface area contributed by atoms with Crippen molar-refractivity contribution in [3.8, 4) is 11.3 Å². The first-order valence-electron chi connectivity index (χ1n) is 11.0. The number of ketones is 1. The Hall–Kier alpha value is -3.93. The fourth-order valence-electron chi connectivity index (χ4n) is 3.30. The molecule has 0 spiro atoms. The smallest absolute Gasteiger partial charge is 0.414 e. The first-order chi connectivity index (χ1) is 18.2. The number of hydrogen-bond donors (Lipinski definition) is 3. The Morgan fingerprint density at radius 2 is 1.64 bits per heavy atom. The number of aliphatic imine (C=N–C) groups is 1. The molecule has 0 radical (unpaired) electrons. The predicted molar refractivity (Wildman–Crippen MR) is 143 cm³/mol. The van der Waals surface area contributed by atoms with Gasteiger partial charge < -0.3 is 15.1 Å². The van der Waals surface area contributed by atoms with Gasteiger partial charge in [-0.3, -0.25) is 15.4 Å². The van der Waals surface area contributed by atoms with Gasteiger partial charge >= 0.3 is 12.2 Å². The Kier molecular flexibility index (Phi) is 9.00. The van der Waals surface area contributed by atoms with E-state index in [2.05, 4.69) is 10.3 Å². The van der Waals surface area contributed by atoms with Gasteiger partial charge in [0.1, 0.15) is 11.4 Å². The number of aromatic nitrogens is 1. The Balaban J connectivity index is 2.35. The third-order valence-corrected chi connectivity index (χ3v) is 5.71. The minimum Gasteiger partial charge on any atom is -0.618 e. The van der Waals surface area contributed by atoms with E-state index < -0.39 is 41.0 Å². The first-order valence-corrected chi connectivity index (χ1v) is 12.1. The molecule has 0 unspecified atom stereocenters. The molecule has 0 aliphatic carbocycles. The maximum Gasteiger partial charge on any atom is 0.414 e. The zero-order valence-corrected chi connectivity index (χ0v) is 22.8. The average molecular weight is 598 g/mol. The number of alkyl carbamates (subject to hydrolysis) is 1. The number of halogens is 4. The van der Waals surface area contributed by atoms with Gasteiger partial charge in [-0.25, -0.2) is 19.0 Å². The van der Waals surface area contributed by atoms with E-state index in [1.165, 1.54) is 18.2 Å². The first kappa shape index (κ1) is 29.6. The highest BCUT2D eigenvalue weighted by Gasteiger charge is 2.29. The molecule has 0 fully saturated rings. The highest BCUT2D eigenvalue weighted by atomic mass is 35.5. The molecule has 0 atom stereocenters. The number of amides is 2. The largest absolute Gasteiger partial charge is 0.618 e. The van der Waals surface area contributed by atoms with Crippen LogP contribution in [0.25, 0.3) is 11.3 Å². The molecule has 1 heterocycles. The molecule has 0 saturated carbocycles. The average Bonchev–Trinajstić information content (AvgIpc) is 2.78. The number of pyridine rings is 1. The number of hydrogen-bond acceptors (Lipinski definition) is 6. The quantitative estimate of drug-likeness (QED) is 0.109. The van der Waals surface area contributed by atoms with Crippen LogP contribution in [0.15, 0.2) is 53.7 Å². The summed E-state index contributed by atoms with van der Waals surface area (Å²) in [6.07, 6.45) is -1.75. The second-order valence-electron chi connectivity index (χ2n) is 8.82. The van der Waals surface area contributed by atoms with E-state index in [-0.39, 0.29) is 37.5 Å². The van der Waals surface area contributed by atoms with E-state index in [1.807, 2.05) is 5.32 Å². The second kappa shape index (κ2) is 11.9. The molecule has 3 aromatic rings. The van der Waals surface area contributed by atoms with Gasteiger partial charge in [0, 0.05) is 11.6 Å². The normalized spacial score (nSPS) is 11.6. The van der Waals surface area contributed by atoms with Gasteiger partial charge in [0.05, 0.1) is 26.2 Å². The van der Waals surface area contributed by atoms with E-state index in [1.54, 1.807) is 20.8 Å². The van der Waals surface area contributed by atoms with Crippen LogP contribution in [-0.4, -0.2) is 34.6 Å². The molecule has 10 nitrogen and oxygen atoms in total. The van der Waals surface area contributed by atoms with Crippen LogP contribution < -0.4 is 15.4 Å². The molecular formula is C25H20Cl3FN4O6. The van der Waals surface area contributed by atoms with Gasteiger partial charge in [-0.1, -0.05) is 40.9 Å². The summed E-state index contributed by atoms with van der Waals surface area (Å²) in [5.41, 5.74) is -2.22. The lowest BCUT2D eigenvalue weighted by Gasteiger charge is -2.20. The summed E-state index contributed by atoms with van der Waals surface area (Å²) in [6, 6.07) is 8.51. The van der Waals surface area contributed by atoms with Gasteiger partial charge in [-0.2, -0.15) is 4.73 Å². The Labute approximate surface area is 236 Å². The Morgan fingerprint density at radius 3 is 2.21 bits per heavy atom. The Bertz CT molecular complexity index is 1490. The molecule has 39 heavy (non-hydrogen) atoms. The fraction of sp³-hybridized carbons (Fsp3) is 0.160. The fourth-order valence-corrected chi connectivity index (χ4v) is 4.13. The molecule has 204 valence electrons. The van der Waals surface area contributed by atoms with Crippen LogP contribution in [0.3, 0.4) is 0 Å². The summed E-state index contributed by atoms with van der Waals surface area (Å²) in [5, 5.41) is 26.2. The van der Waals surface area contributed by atoms with Crippen molar-refractivity contribution in [3.05, 3.63) is 85.9 Å². The summed E-state index contributed by atoms with van der Waals surface area (Å²) in [6.45, 7) is 4.73. The molecule has 3 N–H and O–H groups in total. The topological polar surface area (TPSA) is 144 Å². The highest BCUT2D eigenvalue weighted by Crippen LogP contribution is 2.40. The predicted octanol–water partition coefficient (Wildman–Crippen LogP) is 6.10. The van der Waals surface area contributed by atoms with Crippen LogP contribution >= 0.6 is 34.8 Å². The summed E-state index contributed by atoms with van der Waals surface area (Å²) in [5.74, 6) is -2.22. The van der Waals surface area contributed by atoms with Gasteiger partial charge in [-0.05, 0) is 51.1 Å². The minimum atomic E-state index is -1.64. The van der Waals surface area contributed by atoms with Crippen molar-refractivity contribution in [1.82, 2.24) is 10.6 Å². The van der Waals surface area contributed by atoms with Crippen LogP contribution in [0.4, 0.5) is 19.7 Å². The lowest BCUT2D eigenvalue weighted by molar-refractivity contribution is -0.593. The SMILES string of the molecule is CC(C)(C)OC(=O)NC(=Nc1c(C(=O)c2ccc(F)cc2Cl)cc[n+]([O-])c1-c1c(Cl)cccc1Cl)NC(=O)O. The number of carboxylic acid groups (broad SMARTS) is 1. The van der Waals surface area contributed by atoms with Crippen LogP contribution in [0.1, 0.15) is 36.7 Å². The van der Waals surface area contributed by atoms with Gasteiger partial charge in [0.25, 0.3) is 5.69 Å². The zero-order chi connectivity index (χ0) is 29.1. The van der Waals surface area contributed by atoms with Gasteiger partial charge in [0.15, 0.2) is 17.7 Å². The summed E-state index contributed by atoms with van der Waals surface area (Å²) >= 11 is 18.8. The third kappa shape index (κ3) is 7.34. The number of carbonyl (C=O) groups excluding carboxylic acids is 2. The summed E-state index contributed by atoms with van der Waals surface area (Å²) < 4.78 is 19.1. The minimum absolute atomic E-state index is 0.000749. The molecule has 0 bridgehead atoms. The van der Waals surface area contributed by atoms with Crippen molar-refractivity contribution in [2.75, 3.05) is 0 Å². The maximum atomic E-state index is 13.6. The van der Waals surface area contributed by atoms with E-state index in [0.717, 1.165) is 30.5 Å². The Morgan fingerprint density at radius 1 is 1.00 bits per heavy atom. The number of rotatable bonds is 4. The second-order valence-corrected chi connectivity index (χ2v) is 10.0. The van der Waals surface area contributed by atoms with Crippen molar-refractivity contribution in [2.45, 2.75) is 26.4 Å². The van der Waals surface area contributed by atoms with Crippen LogP contribution in [0, 0.1) is 11.0 Å². The number of ether oxygens (including phenoxy) is 1. The molecule has 1 aromatic heterocycles. The van der Waals surface area contributed by atoms with E-state index in [9.17, 15) is 29.1 Å². The van der Waals surface area contributed by atoms with Crippen molar-refractivity contribution in [1.29, 1.82) is 0 Å². The number of guanidine groups is 1. The molecule has 0 saturated heterocycles. The molecular weight excluding hydrogens is 578 g/mol. The molecule has 2 aromatic carbocycles.